The SMILES string of the molecule is Cc1cccc(N2CCN(c3cc(NCc4ccncc4)nc(C)n3)CC2)c1. The highest BCUT2D eigenvalue weighted by Gasteiger charge is 2.19. The van der Waals surface area contributed by atoms with Crippen molar-refractivity contribution in [3.05, 3.63) is 71.8 Å². The molecule has 28 heavy (non-hydrogen) atoms. The Balaban J connectivity index is 1.41. The number of pyridine rings is 1. The lowest BCUT2D eigenvalue weighted by atomic mass is 10.2. The summed E-state index contributed by atoms with van der Waals surface area (Å²) in [5.41, 5.74) is 3.79. The Morgan fingerprint density at radius 3 is 2.39 bits per heavy atom. The maximum absolute atomic E-state index is 4.67. The minimum atomic E-state index is 0.722. The van der Waals surface area contributed by atoms with Crippen molar-refractivity contribution in [2.24, 2.45) is 0 Å². The molecule has 2 aromatic heterocycles. The molecule has 4 rings (SSSR count). The molecular weight excluding hydrogens is 348 g/mol. The molecule has 144 valence electrons. The fourth-order valence-electron chi connectivity index (χ4n) is 3.52. The average Bonchev–Trinajstić information content (AvgIpc) is 2.73. The number of nitrogens with zero attached hydrogens (tertiary/aromatic N) is 5. The van der Waals surface area contributed by atoms with Crippen molar-refractivity contribution in [2.45, 2.75) is 20.4 Å². The van der Waals surface area contributed by atoms with Crippen molar-refractivity contribution in [3.8, 4) is 0 Å². The molecule has 6 nitrogen and oxygen atoms in total. The van der Waals surface area contributed by atoms with Gasteiger partial charge in [0.2, 0.25) is 0 Å². The summed E-state index contributed by atoms with van der Waals surface area (Å²) in [7, 11) is 0. The Kier molecular flexibility index (Phi) is 5.37. The second-order valence-corrected chi connectivity index (χ2v) is 7.18. The average molecular weight is 374 g/mol. The predicted molar refractivity (Wildman–Crippen MR) is 114 cm³/mol. The van der Waals surface area contributed by atoms with Crippen molar-refractivity contribution in [1.29, 1.82) is 0 Å². The van der Waals surface area contributed by atoms with Crippen molar-refractivity contribution in [3.63, 3.8) is 0 Å². The van der Waals surface area contributed by atoms with Crippen molar-refractivity contribution < 1.29 is 0 Å². The summed E-state index contributed by atoms with van der Waals surface area (Å²) in [6, 6.07) is 14.8. The predicted octanol–water partition coefficient (Wildman–Crippen LogP) is 3.43. The van der Waals surface area contributed by atoms with Crippen LogP contribution < -0.4 is 15.1 Å². The van der Waals surface area contributed by atoms with E-state index < -0.39 is 0 Å². The first-order valence-electron chi connectivity index (χ1n) is 9.72. The van der Waals surface area contributed by atoms with Crippen molar-refractivity contribution in [1.82, 2.24) is 15.0 Å². The van der Waals surface area contributed by atoms with Gasteiger partial charge in [0.1, 0.15) is 17.5 Å². The van der Waals surface area contributed by atoms with E-state index in [0.717, 1.165) is 50.2 Å². The number of anilines is 3. The second-order valence-electron chi connectivity index (χ2n) is 7.18. The molecule has 0 saturated carbocycles. The van der Waals surface area contributed by atoms with Crippen LogP contribution in [0.3, 0.4) is 0 Å². The van der Waals surface area contributed by atoms with Crippen LogP contribution in [0.15, 0.2) is 54.9 Å². The largest absolute Gasteiger partial charge is 0.368 e. The molecule has 6 heteroatoms. The Morgan fingerprint density at radius 1 is 0.893 bits per heavy atom. The van der Waals surface area contributed by atoms with Gasteiger partial charge in [0.25, 0.3) is 0 Å². The molecule has 0 bridgehead atoms. The summed E-state index contributed by atoms with van der Waals surface area (Å²) in [6.07, 6.45) is 3.61. The third-order valence-electron chi connectivity index (χ3n) is 5.02. The van der Waals surface area contributed by atoms with Gasteiger partial charge in [-0.3, -0.25) is 4.98 Å². The summed E-state index contributed by atoms with van der Waals surface area (Å²) in [4.78, 5) is 18.1. The lowest BCUT2D eigenvalue weighted by molar-refractivity contribution is 0.645. The first-order chi connectivity index (χ1) is 13.7. The lowest BCUT2D eigenvalue weighted by Crippen LogP contribution is -2.47. The van der Waals surface area contributed by atoms with E-state index in [9.17, 15) is 0 Å². The molecule has 0 radical (unpaired) electrons. The van der Waals surface area contributed by atoms with E-state index in [1.807, 2.05) is 19.1 Å². The molecule has 1 aliphatic rings. The summed E-state index contributed by atoms with van der Waals surface area (Å²) in [5, 5.41) is 3.41. The fourth-order valence-corrected chi connectivity index (χ4v) is 3.52. The van der Waals surface area contributed by atoms with E-state index in [0.29, 0.717) is 0 Å². The normalized spacial score (nSPS) is 14.2. The minimum absolute atomic E-state index is 0.722. The molecule has 1 fully saturated rings. The Hall–Kier alpha value is -3.15. The number of hydrogen-bond donors (Lipinski definition) is 1. The van der Waals surface area contributed by atoms with E-state index in [1.165, 1.54) is 16.8 Å². The van der Waals surface area contributed by atoms with Crippen LogP contribution in [0.25, 0.3) is 0 Å². The Bertz CT molecular complexity index is 919. The van der Waals surface area contributed by atoms with Crippen LogP contribution in [0.4, 0.5) is 17.3 Å². The molecule has 1 aliphatic heterocycles. The fraction of sp³-hybridized carbons (Fsp3) is 0.318. The van der Waals surface area contributed by atoms with Crippen molar-refractivity contribution >= 4 is 17.3 Å². The van der Waals surface area contributed by atoms with Crippen LogP contribution in [-0.2, 0) is 6.54 Å². The van der Waals surface area contributed by atoms with Gasteiger partial charge in [0.15, 0.2) is 0 Å². The summed E-state index contributed by atoms with van der Waals surface area (Å²) in [5.74, 6) is 2.64. The molecule has 1 N–H and O–H groups in total. The smallest absolute Gasteiger partial charge is 0.134 e. The minimum Gasteiger partial charge on any atom is -0.368 e. The number of benzene rings is 1. The van der Waals surface area contributed by atoms with Gasteiger partial charge in [-0.2, -0.15) is 0 Å². The molecule has 3 aromatic rings. The maximum Gasteiger partial charge on any atom is 0.134 e. The third-order valence-corrected chi connectivity index (χ3v) is 5.02. The van der Waals surface area contributed by atoms with Crippen molar-refractivity contribution in [2.75, 3.05) is 41.3 Å². The molecule has 0 spiro atoms. The molecule has 0 amide bonds. The standard InChI is InChI=1S/C22H26N6/c1-17-4-3-5-20(14-17)27-10-12-28(13-11-27)22-15-21(25-18(2)26-22)24-16-19-6-8-23-9-7-19/h3-9,14-15H,10-13,16H2,1-2H3,(H,24,25,26). The van der Waals surface area contributed by atoms with E-state index in [1.54, 1.807) is 12.4 Å². The zero-order valence-electron chi connectivity index (χ0n) is 16.5. The van der Waals surface area contributed by atoms with E-state index in [2.05, 4.69) is 67.3 Å². The Morgan fingerprint density at radius 2 is 1.64 bits per heavy atom. The van der Waals surface area contributed by atoms with E-state index >= 15 is 0 Å². The van der Waals surface area contributed by atoms with Crippen LogP contribution >= 0.6 is 0 Å². The highest BCUT2D eigenvalue weighted by Crippen LogP contribution is 2.22. The lowest BCUT2D eigenvalue weighted by Gasteiger charge is -2.37. The number of rotatable bonds is 5. The van der Waals surface area contributed by atoms with E-state index in [4.69, 9.17) is 0 Å². The molecule has 0 atom stereocenters. The van der Waals surface area contributed by atoms with Crippen LogP contribution in [0.5, 0.6) is 0 Å². The summed E-state index contributed by atoms with van der Waals surface area (Å²) >= 11 is 0. The molecular formula is C22H26N6. The van der Waals surface area contributed by atoms with Crippen LogP contribution in [0.2, 0.25) is 0 Å². The first kappa shape index (κ1) is 18.2. The van der Waals surface area contributed by atoms with E-state index in [-0.39, 0.29) is 0 Å². The molecule has 1 aromatic carbocycles. The van der Waals surface area contributed by atoms with Gasteiger partial charge in [0.05, 0.1) is 0 Å². The van der Waals surface area contributed by atoms with Gasteiger partial charge in [-0.25, -0.2) is 9.97 Å². The van der Waals surface area contributed by atoms with Gasteiger partial charge in [-0.05, 0) is 49.2 Å². The Labute approximate surface area is 166 Å². The maximum atomic E-state index is 4.67. The number of nitrogens with one attached hydrogen (secondary N) is 1. The molecule has 1 saturated heterocycles. The van der Waals surface area contributed by atoms with Gasteiger partial charge >= 0.3 is 0 Å². The van der Waals surface area contributed by atoms with Gasteiger partial charge in [-0.1, -0.05) is 12.1 Å². The van der Waals surface area contributed by atoms with Gasteiger partial charge < -0.3 is 15.1 Å². The number of piperazine rings is 1. The van der Waals surface area contributed by atoms with Gasteiger partial charge in [0, 0.05) is 56.9 Å². The number of hydrogen-bond acceptors (Lipinski definition) is 6. The number of aryl methyl sites for hydroxylation is 2. The third kappa shape index (κ3) is 4.39. The summed E-state index contributed by atoms with van der Waals surface area (Å²) < 4.78 is 0. The molecule has 0 unspecified atom stereocenters. The van der Waals surface area contributed by atoms with Gasteiger partial charge in [-0.15, -0.1) is 0 Å². The van der Waals surface area contributed by atoms with Crippen LogP contribution in [0.1, 0.15) is 17.0 Å². The van der Waals surface area contributed by atoms with Crippen LogP contribution in [0, 0.1) is 13.8 Å². The highest BCUT2D eigenvalue weighted by atomic mass is 15.3. The monoisotopic (exact) mass is 374 g/mol. The molecule has 3 heterocycles. The quantitative estimate of drug-likeness (QED) is 0.738. The number of aromatic nitrogens is 3. The highest BCUT2D eigenvalue weighted by molar-refractivity contribution is 5.53. The molecule has 0 aliphatic carbocycles. The van der Waals surface area contributed by atoms with Crippen LogP contribution in [-0.4, -0.2) is 41.1 Å². The second kappa shape index (κ2) is 8.25. The summed E-state index contributed by atoms with van der Waals surface area (Å²) in [6.45, 7) is 8.70. The topological polar surface area (TPSA) is 57.2 Å². The zero-order valence-corrected chi connectivity index (χ0v) is 16.5. The zero-order chi connectivity index (χ0) is 19.3. The first-order valence-corrected chi connectivity index (χ1v) is 9.72.